The van der Waals surface area contributed by atoms with E-state index in [0.717, 1.165) is 6.42 Å². The fraction of sp³-hybridized carbons (Fsp3) is 0.375. The van der Waals surface area contributed by atoms with Gasteiger partial charge in [-0.2, -0.15) is 5.26 Å². The zero-order valence-electron chi connectivity index (χ0n) is 12.2. The molecule has 0 amide bonds. The molecule has 6 heteroatoms. The normalized spacial score (nSPS) is 19.6. The van der Waals surface area contributed by atoms with Crippen molar-refractivity contribution in [1.82, 2.24) is 9.55 Å². The standard InChI is InChI=1S/C16H15N3O3/c1-10-8-12(10)16(21)22-9-14-18-13-5-3-2-4-11(13)15(20)19(14)7-6-17/h2-5,10,12H,7-9H2,1H3/t10-,12-/m0/s1. The van der Waals surface area contributed by atoms with Crippen LogP contribution in [0.1, 0.15) is 19.2 Å². The number of carbonyl (C=O) groups excluding carboxylic acids is 1. The minimum atomic E-state index is -0.294. The van der Waals surface area contributed by atoms with E-state index in [2.05, 4.69) is 4.98 Å². The van der Waals surface area contributed by atoms with E-state index in [0.29, 0.717) is 22.6 Å². The number of nitrogens with zero attached hydrogens (tertiary/aromatic N) is 3. The molecular formula is C16H15N3O3. The number of hydrogen-bond donors (Lipinski definition) is 0. The van der Waals surface area contributed by atoms with Gasteiger partial charge in [0.25, 0.3) is 5.56 Å². The van der Waals surface area contributed by atoms with Gasteiger partial charge in [-0.3, -0.25) is 14.2 Å². The number of fused-ring (bicyclic) bond motifs is 1. The predicted molar refractivity (Wildman–Crippen MR) is 78.7 cm³/mol. The summed E-state index contributed by atoms with van der Waals surface area (Å²) in [7, 11) is 0. The highest BCUT2D eigenvalue weighted by molar-refractivity contribution is 5.77. The van der Waals surface area contributed by atoms with Crippen molar-refractivity contribution in [3.05, 3.63) is 40.4 Å². The van der Waals surface area contributed by atoms with Crippen LogP contribution in [0.4, 0.5) is 0 Å². The summed E-state index contributed by atoms with van der Waals surface area (Å²) < 4.78 is 6.50. The molecule has 6 nitrogen and oxygen atoms in total. The van der Waals surface area contributed by atoms with Gasteiger partial charge in [0.15, 0.2) is 5.82 Å². The first kappa shape index (κ1) is 14.3. The van der Waals surface area contributed by atoms with Crippen LogP contribution in [0.25, 0.3) is 10.9 Å². The minimum Gasteiger partial charge on any atom is -0.457 e. The van der Waals surface area contributed by atoms with E-state index in [1.807, 2.05) is 13.0 Å². The maximum Gasteiger partial charge on any atom is 0.309 e. The van der Waals surface area contributed by atoms with Gasteiger partial charge in [-0.05, 0) is 24.5 Å². The Morgan fingerprint density at radius 3 is 2.91 bits per heavy atom. The molecule has 22 heavy (non-hydrogen) atoms. The Kier molecular flexibility index (Phi) is 3.63. The van der Waals surface area contributed by atoms with E-state index in [1.165, 1.54) is 4.57 Å². The number of para-hydroxylation sites is 1. The third-order valence-corrected chi connectivity index (χ3v) is 3.93. The zero-order chi connectivity index (χ0) is 15.7. The summed E-state index contributed by atoms with van der Waals surface area (Å²) in [5.74, 6) is 0.347. The second-order valence-electron chi connectivity index (χ2n) is 5.52. The molecule has 1 aromatic carbocycles. The molecule has 2 aromatic rings. The number of ether oxygens (including phenoxy) is 1. The summed E-state index contributed by atoms with van der Waals surface area (Å²) in [4.78, 5) is 28.6. The van der Waals surface area contributed by atoms with E-state index in [4.69, 9.17) is 10.00 Å². The van der Waals surface area contributed by atoms with Crippen molar-refractivity contribution in [2.24, 2.45) is 11.8 Å². The highest BCUT2D eigenvalue weighted by Crippen LogP contribution is 2.38. The lowest BCUT2D eigenvalue weighted by Gasteiger charge is -2.11. The molecule has 3 rings (SSSR count). The Morgan fingerprint density at radius 2 is 2.23 bits per heavy atom. The molecule has 1 aromatic heterocycles. The molecule has 0 radical (unpaired) electrons. The Morgan fingerprint density at radius 1 is 1.50 bits per heavy atom. The molecule has 1 aliphatic rings. The van der Waals surface area contributed by atoms with Gasteiger partial charge in [-0.15, -0.1) is 0 Å². The van der Waals surface area contributed by atoms with E-state index < -0.39 is 0 Å². The first-order valence-electron chi connectivity index (χ1n) is 7.14. The quantitative estimate of drug-likeness (QED) is 0.800. The summed E-state index contributed by atoms with van der Waals surface area (Å²) in [6.07, 6.45) is 0.842. The van der Waals surface area contributed by atoms with Crippen molar-refractivity contribution < 1.29 is 9.53 Å². The largest absolute Gasteiger partial charge is 0.457 e. The molecule has 0 aliphatic heterocycles. The van der Waals surface area contributed by atoms with Crippen molar-refractivity contribution >= 4 is 16.9 Å². The SMILES string of the molecule is C[C@H]1C[C@@H]1C(=O)OCc1nc2ccccc2c(=O)n1CC#N. The second kappa shape index (κ2) is 5.60. The monoisotopic (exact) mass is 297 g/mol. The number of hydrogen-bond acceptors (Lipinski definition) is 5. The van der Waals surface area contributed by atoms with Crippen molar-refractivity contribution in [2.75, 3.05) is 0 Å². The van der Waals surface area contributed by atoms with Crippen LogP contribution in [0.15, 0.2) is 29.1 Å². The number of carbonyl (C=O) groups is 1. The van der Waals surface area contributed by atoms with Gasteiger partial charge in [0.1, 0.15) is 13.2 Å². The van der Waals surface area contributed by atoms with E-state index in [-0.39, 0.29) is 30.6 Å². The summed E-state index contributed by atoms with van der Waals surface area (Å²) in [5, 5.41) is 9.35. The smallest absolute Gasteiger partial charge is 0.309 e. The van der Waals surface area contributed by atoms with E-state index >= 15 is 0 Å². The van der Waals surface area contributed by atoms with Gasteiger partial charge >= 0.3 is 5.97 Å². The fourth-order valence-corrected chi connectivity index (χ4v) is 2.45. The molecule has 0 spiro atoms. The van der Waals surface area contributed by atoms with Crippen molar-refractivity contribution in [1.29, 1.82) is 5.26 Å². The van der Waals surface area contributed by atoms with Gasteiger partial charge in [0.2, 0.25) is 0 Å². The molecule has 2 atom stereocenters. The van der Waals surface area contributed by atoms with Gasteiger partial charge in [-0.25, -0.2) is 4.98 Å². The lowest BCUT2D eigenvalue weighted by molar-refractivity contribution is -0.147. The Hall–Kier alpha value is -2.68. The van der Waals surface area contributed by atoms with Crippen LogP contribution in [-0.4, -0.2) is 15.5 Å². The molecule has 1 heterocycles. The maximum absolute atomic E-state index is 12.4. The molecule has 0 bridgehead atoms. The van der Waals surface area contributed by atoms with Crippen LogP contribution >= 0.6 is 0 Å². The molecule has 112 valence electrons. The fourth-order valence-electron chi connectivity index (χ4n) is 2.45. The van der Waals surface area contributed by atoms with Gasteiger partial charge in [0, 0.05) is 0 Å². The number of esters is 1. The zero-order valence-corrected chi connectivity index (χ0v) is 12.2. The Bertz CT molecular complexity index is 835. The van der Waals surface area contributed by atoms with Crippen molar-refractivity contribution in [2.45, 2.75) is 26.5 Å². The number of aromatic nitrogens is 2. The van der Waals surface area contributed by atoms with Crippen LogP contribution < -0.4 is 5.56 Å². The minimum absolute atomic E-state index is 0.0448. The molecule has 0 unspecified atom stereocenters. The average molecular weight is 297 g/mol. The lowest BCUT2D eigenvalue weighted by Crippen LogP contribution is -2.26. The highest BCUT2D eigenvalue weighted by atomic mass is 16.5. The van der Waals surface area contributed by atoms with Crippen LogP contribution in [0.5, 0.6) is 0 Å². The molecule has 1 saturated carbocycles. The van der Waals surface area contributed by atoms with Gasteiger partial charge in [-0.1, -0.05) is 19.1 Å². The molecule has 0 N–H and O–H groups in total. The van der Waals surface area contributed by atoms with Crippen molar-refractivity contribution in [3.63, 3.8) is 0 Å². The second-order valence-corrected chi connectivity index (χ2v) is 5.52. The Balaban J connectivity index is 1.93. The third-order valence-electron chi connectivity index (χ3n) is 3.93. The average Bonchev–Trinajstić information content (AvgIpc) is 3.25. The maximum atomic E-state index is 12.4. The lowest BCUT2D eigenvalue weighted by atomic mass is 10.2. The summed E-state index contributed by atoms with van der Waals surface area (Å²) in [6.45, 7) is 1.78. The predicted octanol–water partition coefficient (Wildman–Crippen LogP) is 1.62. The van der Waals surface area contributed by atoms with Crippen LogP contribution in [0.2, 0.25) is 0 Å². The molecular weight excluding hydrogens is 282 g/mol. The molecule has 1 aliphatic carbocycles. The topological polar surface area (TPSA) is 85.0 Å². The van der Waals surface area contributed by atoms with Gasteiger partial charge in [0.05, 0.1) is 22.9 Å². The van der Waals surface area contributed by atoms with Crippen LogP contribution in [-0.2, 0) is 22.7 Å². The van der Waals surface area contributed by atoms with Crippen molar-refractivity contribution in [3.8, 4) is 6.07 Å². The first-order valence-corrected chi connectivity index (χ1v) is 7.14. The third kappa shape index (κ3) is 2.58. The number of benzene rings is 1. The van der Waals surface area contributed by atoms with Crippen LogP contribution in [0.3, 0.4) is 0 Å². The summed E-state index contributed by atoms with van der Waals surface area (Å²) in [5.41, 5.74) is 0.241. The van der Waals surface area contributed by atoms with Crippen LogP contribution in [0, 0.1) is 23.2 Å². The first-order chi connectivity index (χ1) is 10.6. The van der Waals surface area contributed by atoms with E-state index in [1.54, 1.807) is 24.3 Å². The number of nitriles is 1. The summed E-state index contributed by atoms with van der Waals surface area (Å²) >= 11 is 0. The van der Waals surface area contributed by atoms with Gasteiger partial charge < -0.3 is 4.74 Å². The highest BCUT2D eigenvalue weighted by Gasteiger charge is 2.40. The van der Waals surface area contributed by atoms with E-state index in [9.17, 15) is 9.59 Å². The Labute approximate surface area is 127 Å². The number of rotatable bonds is 4. The molecule has 0 saturated heterocycles. The molecule has 1 fully saturated rings. The summed E-state index contributed by atoms with van der Waals surface area (Å²) in [6, 6.07) is 8.86.